The molecule has 0 N–H and O–H groups in total. The summed E-state index contributed by atoms with van der Waals surface area (Å²) in [7, 11) is 1.90. The van der Waals surface area contributed by atoms with E-state index in [1.807, 2.05) is 46.0 Å². The molecule has 150 valence electrons. The molecule has 2 fully saturated rings. The van der Waals surface area contributed by atoms with Gasteiger partial charge in [0.15, 0.2) is 5.69 Å². The molecule has 0 aromatic carbocycles. The number of fused-ring (bicyclic) bond motifs is 1. The van der Waals surface area contributed by atoms with E-state index in [0.717, 1.165) is 46.7 Å². The van der Waals surface area contributed by atoms with Gasteiger partial charge >= 0.3 is 0 Å². The van der Waals surface area contributed by atoms with Gasteiger partial charge in [0.1, 0.15) is 0 Å². The fraction of sp³-hybridized carbons (Fsp3) is 0.550. The van der Waals surface area contributed by atoms with E-state index >= 15 is 0 Å². The highest BCUT2D eigenvalue weighted by Gasteiger charge is 2.44. The monoisotopic (exact) mass is 512 g/mol. The molecule has 3 atom stereocenters. The van der Waals surface area contributed by atoms with Crippen LogP contribution in [0.1, 0.15) is 40.8 Å². The van der Waals surface area contributed by atoms with Gasteiger partial charge in [0.25, 0.3) is 5.91 Å². The van der Waals surface area contributed by atoms with Crippen LogP contribution in [0.25, 0.3) is 0 Å². The standard InChI is InChI=1S/C20H25IN4O2S/c1-4-15-17(21)18(22-23(15)3)20(27)25-10-13-8-24(9-14(13)11-25)19(26)12(2)16-6-5-7-28-16/h5-7,12-14H,4,8-11H2,1-3H3/t12?,13-,14+. The molecule has 28 heavy (non-hydrogen) atoms. The Morgan fingerprint density at radius 3 is 2.43 bits per heavy atom. The SMILES string of the molecule is CCc1c(I)c(C(=O)N2C[C@@H]3CN(C(=O)C(C)c4cccs4)C[C@@H]3C2)nn1C. The Bertz CT molecular complexity index is 880. The first-order valence-corrected chi connectivity index (χ1v) is 11.7. The molecule has 2 aliphatic heterocycles. The number of aromatic nitrogens is 2. The zero-order chi connectivity index (χ0) is 20.0. The van der Waals surface area contributed by atoms with E-state index in [9.17, 15) is 9.59 Å². The predicted molar refractivity (Wildman–Crippen MR) is 118 cm³/mol. The average Bonchev–Trinajstić information content (AvgIpc) is 3.43. The molecule has 2 saturated heterocycles. The lowest BCUT2D eigenvalue weighted by atomic mass is 10.0. The number of carbonyl (C=O) groups is 2. The third-order valence-electron chi connectivity index (χ3n) is 6.06. The number of nitrogens with zero attached hydrogens (tertiary/aromatic N) is 4. The minimum Gasteiger partial charge on any atom is -0.341 e. The van der Waals surface area contributed by atoms with Gasteiger partial charge in [-0.2, -0.15) is 5.10 Å². The number of rotatable bonds is 4. The Morgan fingerprint density at radius 1 is 1.25 bits per heavy atom. The van der Waals surface area contributed by atoms with E-state index in [1.165, 1.54) is 0 Å². The van der Waals surface area contributed by atoms with Crippen molar-refractivity contribution in [2.75, 3.05) is 26.2 Å². The van der Waals surface area contributed by atoms with Gasteiger partial charge in [-0.25, -0.2) is 0 Å². The molecule has 0 saturated carbocycles. The molecule has 8 heteroatoms. The zero-order valence-electron chi connectivity index (χ0n) is 16.4. The first-order chi connectivity index (χ1) is 13.4. The third-order valence-corrected chi connectivity index (χ3v) is 8.25. The van der Waals surface area contributed by atoms with Crippen molar-refractivity contribution in [3.8, 4) is 0 Å². The van der Waals surface area contributed by atoms with Crippen LogP contribution >= 0.6 is 33.9 Å². The van der Waals surface area contributed by atoms with E-state index in [-0.39, 0.29) is 17.7 Å². The topological polar surface area (TPSA) is 58.4 Å². The largest absolute Gasteiger partial charge is 0.341 e. The number of hydrogen-bond donors (Lipinski definition) is 0. The minimum absolute atomic E-state index is 0.0268. The van der Waals surface area contributed by atoms with Gasteiger partial charge in [-0.05, 0) is 47.4 Å². The molecule has 6 nitrogen and oxygen atoms in total. The van der Waals surface area contributed by atoms with Gasteiger partial charge in [-0.15, -0.1) is 11.3 Å². The molecule has 2 aromatic rings. The highest BCUT2D eigenvalue weighted by Crippen LogP contribution is 2.34. The highest BCUT2D eigenvalue weighted by atomic mass is 127. The Morgan fingerprint density at radius 2 is 1.89 bits per heavy atom. The predicted octanol–water partition coefficient (Wildman–Crippen LogP) is 2.98. The van der Waals surface area contributed by atoms with E-state index in [2.05, 4.69) is 34.6 Å². The van der Waals surface area contributed by atoms with Crippen molar-refractivity contribution in [3.63, 3.8) is 0 Å². The van der Waals surface area contributed by atoms with Crippen molar-refractivity contribution in [3.05, 3.63) is 37.3 Å². The van der Waals surface area contributed by atoms with Crippen LogP contribution in [0.4, 0.5) is 0 Å². The molecule has 0 spiro atoms. The fourth-order valence-corrected chi connectivity index (χ4v) is 6.32. The van der Waals surface area contributed by atoms with E-state index < -0.39 is 0 Å². The average molecular weight is 512 g/mol. The molecule has 0 bridgehead atoms. The summed E-state index contributed by atoms with van der Waals surface area (Å²) in [6, 6.07) is 4.03. The Balaban J connectivity index is 1.40. The van der Waals surface area contributed by atoms with Crippen molar-refractivity contribution in [1.82, 2.24) is 19.6 Å². The molecular formula is C20H25IN4O2S. The van der Waals surface area contributed by atoms with Gasteiger partial charge < -0.3 is 9.80 Å². The van der Waals surface area contributed by atoms with Crippen LogP contribution in [0.15, 0.2) is 17.5 Å². The summed E-state index contributed by atoms with van der Waals surface area (Å²) in [6.07, 6.45) is 0.861. The second kappa shape index (κ2) is 7.78. The lowest BCUT2D eigenvalue weighted by Crippen LogP contribution is -2.37. The van der Waals surface area contributed by atoms with E-state index in [1.54, 1.807) is 11.3 Å². The van der Waals surface area contributed by atoms with Crippen LogP contribution in [0.2, 0.25) is 0 Å². The molecule has 0 aliphatic carbocycles. The second-order valence-electron chi connectivity index (χ2n) is 7.80. The van der Waals surface area contributed by atoms with Crippen LogP contribution in [0.5, 0.6) is 0 Å². The highest BCUT2D eigenvalue weighted by molar-refractivity contribution is 14.1. The van der Waals surface area contributed by atoms with Crippen molar-refractivity contribution in [2.45, 2.75) is 26.2 Å². The fourth-order valence-electron chi connectivity index (χ4n) is 4.48. The van der Waals surface area contributed by atoms with Crippen molar-refractivity contribution in [2.24, 2.45) is 18.9 Å². The molecule has 2 aliphatic rings. The summed E-state index contributed by atoms with van der Waals surface area (Å²) in [5.41, 5.74) is 1.67. The molecule has 4 rings (SSSR count). The first-order valence-electron chi connectivity index (χ1n) is 9.73. The van der Waals surface area contributed by atoms with Gasteiger partial charge in [0.05, 0.1) is 15.2 Å². The number of thiophene rings is 1. The second-order valence-corrected chi connectivity index (χ2v) is 9.86. The number of halogens is 1. The molecule has 2 amide bonds. The maximum Gasteiger partial charge on any atom is 0.275 e. The third kappa shape index (κ3) is 3.38. The molecule has 2 aromatic heterocycles. The Hall–Kier alpha value is -1.42. The molecule has 1 unspecified atom stereocenters. The van der Waals surface area contributed by atoms with Crippen LogP contribution in [0.3, 0.4) is 0 Å². The van der Waals surface area contributed by atoms with Crippen LogP contribution in [0, 0.1) is 15.4 Å². The van der Waals surface area contributed by atoms with Crippen molar-refractivity contribution in [1.29, 1.82) is 0 Å². The number of amides is 2. The summed E-state index contributed by atoms with van der Waals surface area (Å²) >= 11 is 3.88. The number of hydrogen-bond acceptors (Lipinski definition) is 4. The van der Waals surface area contributed by atoms with E-state index in [4.69, 9.17) is 0 Å². The Labute approximate surface area is 183 Å². The number of carbonyl (C=O) groups excluding carboxylic acids is 2. The van der Waals surface area contributed by atoms with Crippen LogP contribution in [-0.4, -0.2) is 57.6 Å². The van der Waals surface area contributed by atoms with Crippen LogP contribution in [-0.2, 0) is 18.3 Å². The molecular weight excluding hydrogens is 487 g/mol. The van der Waals surface area contributed by atoms with E-state index in [0.29, 0.717) is 17.5 Å². The van der Waals surface area contributed by atoms with Crippen molar-refractivity contribution >= 4 is 45.7 Å². The van der Waals surface area contributed by atoms with Gasteiger partial charge in [0, 0.05) is 49.9 Å². The normalized spacial score (nSPS) is 22.6. The van der Waals surface area contributed by atoms with Crippen LogP contribution < -0.4 is 0 Å². The van der Waals surface area contributed by atoms with Gasteiger partial charge in [-0.1, -0.05) is 13.0 Å². The minimum atomic E-state index is -0.0841. The molecule has 4 heterocycles. The Kier molecular flexibility index (Phi) is 5.52. The summed E-state index contributed by atoms with van der Waals surface area (Å²) in [4.78, 5) is 30.9. The summed E-state index contributed by atoms with van der Waals surface area (Å²) in [5.74, 6) is 0.894. The van der Waals surface area contributed by atoms with Gasteiger partial charge in [-0.3, -0.25) is 14.3 Å². The summed E-state index contributed by atoms with van der Waals surface area (Å²) in [5, 5.41) is 6.49. The lowest BCUT2D eigenvalue weighted by Gasteiger charge is -2.23. The number of aryl methyl sites for hydroxylation is 1. The first kappa shape index (κ1) is 19.9. The maximum absolute atomic E-state index is 13.0. The van der Waals surface area contributed by atoms with Gasteiger partial charge in [0.2, 0.25) is 5.91 Å². The zero-order valence-corrected chi connectivity index (χ0v) is 19.4. The quantitative estimate of drug-likeness (QED) is 0.593. The van der Waals surface area contributed by atoms with Crippen molar-refractivity contribution < 1.29 is 9.59 Å². The lowest BCUT2D eigenvalue weighted by molar-refractivity contribution is -0.131. The molecule has 0 radical (unpaired) electrons. The number of likely N-dealkylation sites (tertiary alicyclic amines) is 2. The summed E-state index contributed by atoms with van der Waals surface area (Å²) < 4.78 is 2.78. The smallest absolute Gasteiger partial charge is 0.275 e. The summed E-state index contributed by atoms with van der Waals surface area (Å²) in [6.45, 7) is 7.01. The maximum atomic E-state index is 13.0.